The van der Waals surface area contributed by atoms with Crippen LogP contribution < -0.4 is 4.74 Å². The van der Waals surface area contributed by atoms with Gasteiger partial charge in [-0.3, -0.25) is 4.98 Å². The maximum atomic E-state index is 5.99. The molecule has 0 fully saturated rings. The van der Waals surface area contributed by atoms with E-state index in [9.17, 15) is 0 Å². The van der Waals surface area contributed by atoms with Gasteiger partial charge in [0.05, 0.1) is 27.5 Å². The Balaban J connectivity index is 2.95. The van der Waals surface area contributed by atoms with Crippen molar-refractivity contribution in [2.45, 2.75) is 0 Å². The Morgan fingerprint density at radius 2 is 2.07 bits per heavy atom. The molecule has 78 valence electrons. The normalized spacial score (nSPS) is 10.7. The van der Waals surface area contributed by atoms with Gasteiger partial charge in [0.25, 0.3) is 0 Å². The van der Waals surface area contributed by atoms with Gasteiger partial charge in [-0.15, -0.1) is 0 Å². The van der Waals surface area contributed by atoms with E-state index in [1.54, 1.807) is 13.3 Å². The van der Waals surface area contributed by atoms with Gasteiger partial charge in [-0.1, -0.05) is 11.6 Å². The number of ether oxygens (including phenoxy) is 1. The summed E-state index contributed by atoms with van der Waals surface area (Å²) >= 11 is 12.9. The van der Waals surface area contributed by atoms with Crippen LogP contribution in [0, 0.1) is 0 Å². The zero-order valence-electron chi connectivity index (χ0n) is 7.72. The molecule has 1 heterocycles. The van der Waals surface area contributed by atoms with Crippen LogP contribution in [-0.4, -0.2) is 12.1 Å². The lowest BCUT2D eigenvalue weighted by atomic mass is 10.2. The molecule has 2 aromatic rings. The van der Waals surface area contributed by atoms with Gasteiger partial charge in [0, 0.05) is 10.7 Å². The molecule has 0 saturated heterocycles. The van der Waals surface area contributed by atoms with Crippen LogP contribution >= 0.6 is 43.5 Å². The molecule has 0 spiro atoms. The molecule has 1 aromatic carbocycles. The molecule has 15 heavy (non-hydrogen) atoms. The Kier molecular flexibility index (Phi) is 3.19. The van der Waals surface area contributed by atoms with Crippen molar-refractivity contribution in [3.8, 4) is 5.75 Å². The minimum atomic E-state index is 0.568. The van der Waals surface area contributed by atoms with Crippen LogP contribution in [0.3, 0.4) is 0 Å². The van der Waals surface area contributed by atoms with E-state index in [1.807, 2.05) is 12.1 Å². The summed E-state index contributed by atoms with van der Waals surface area (Å²) in [7, 11) is 1.62. The topological polar surface area (TPSA) is 22.1 Å². The van der Waals surface area contributed by atoms with Crippen molar-refractivity contribution in [3.63, 3.8) is 0 Å². The van der Waals surface area contributed by atoms with Gasteiger partial charge in [0.15, 0.2) is 0 Å². The lowest BCUT2D eigenvalue weighted by Gasteiger charge is -2.08. The number of fused-ring (bicyclic) bond motifs is 1. The largest absolute Gasteiger partial charge is 0.496 e. The summed E-state index contributed by atoms with van der Waals surface area (Å²) < 4.78 is 6.98. The first-order chi connectivity index (χ1) is 7.15. The third-order valence-corrected chi connectivity index (χ3v) is 4.02. The van der Waals surface area contributed by atoms with E-state index in [0.717, 1.165) is 25.6 Å². The van der Waals surface area contributed by atoms with E-state index in [2.05, 4.69) is 36.8 Å². The van der Waals surface area contributed by atoms with Crippen LogP contribution in [0.1, 0.15) is 0 Å². The number of rotatable bonds is 1. The standard InChI is InChI=1S/C10H6Br2ClNO/c1-15-7-3-2-5(11)10-8(7)9(12)6(13)4-14-10/h2-4H,1H3. The zero-order chi connectivity index (χ0) is 11.0. The van der Waals surface area contributed by atoms with Crippen LogP contribution in [-0.2, 0) is 0 Å². The number of nitrogens with zero attached hydrogens (tertiary/aromatic N) is 1. The molecular weight excluding hydrogens is 345 g/mol. The fourth-order valence-corrected chi connectivity index (χ4v) is 2.41. The fourth-order valence-electron chi connectivity index (χ4n) is 1.35. The second-order valence-electron chi connectivity index (χ2n) is 2.89. The second kappa shape index (κ2) is 4.28. The lowest BCUT2D eigenvalue weighted by Crippen LogP contribution is -1.89. The van der Waals surface area contributed by atoms with Gasteiger partial charge < -0.3 is 4.74 Å². The molecule has 0 unspecified atom stereocenters. The molecule has 0 atom stereocenters. The highest BCUT2D eigenvalue weighted by atomic mass is 79.9. The summed E-state index contributed by atoms with van der Waals surface area (Å²) in [6.45, 7) is 0. The van der Waals surface area contributed by atoms with Crippen molar-refractivity contribution < 1.29 is 4.74 Å². The molecule has 5 heteroatoms. The zero-order valence-corrected chi connectivity index (χ0v) is 11.6. The number of methoxy groups -OCH3 is 1. The summed E-state index contributed by atoms with van der Waals surface area (Å²) in [6, 6.07) is 3.77. The molecule has 2 nitrogen and oxygen atoms in total. The first-order valence-electron chi connectivity index (χ1n) is 4.11. The van der Waals surface area contributed by atoms with Crippen LogP contribution in [0.15, 0.2) is 27.3 Å². The van der Waals surface area contributed by atoms with Crippen molar-refractivity contribution in [1.82, 2.24) is 4.98 Å². The third kappa shape index (κ3) is 1.86. The molecule has 0 saturated carbocycles. The SMILES string of the molecule is COc1ccc(Br)c2ncc(Cl)c(Br)c12. The maximum absolute atomic E-state index is 5.99. The van der Waals surface area contributed by atoms with E-state index in [4.69, 9.17) is 16.3 Å². The summed E-state index contributed by atoms with van der Waals surface area (Å²) in [5.41, 5.74) is 0.825. The lowest BCUT2D eigenvalue weighted by molar-refractivity contribution is 0.419. The summed E-state index contributed by atoms with van der Waals surface area (Å²) in [5, 5.41) is 1.44. The number of hydrogen-bond acceptors (Lipinski definition) is 2. The van der Waals surface area contributed by atoms with Gasteiger partial charge in [-0.05, 0) is 44.0 Å². The van der Waals surface area contributed by atoms with Gasteiger partial charge in [-0.25, -0.2) is 0 Å². The quantitative estimate of drug-likeness (QED) is 0.759. The van der Waals surface area contributed by atoms with E-state index < -0.39 is 0 Å². The van der Waals surface area contributed by atoms with Gasteiger partial charge in [-0.2, -0.15) is 0 Å². The van der Waals surface area contributed by atoms with Crippen molar-refractivity contribution >= 4 is 54.4 Å². The highest BCUT2D eigenvalue weighted by Gasteiger charge is 2.12. The Bertz CT molecular complexity index is 530. The number of aromatic nitrogens is 1. The highest BCUT2D eigenvalue weighted by Crippen LogP contribution is 2.38. The van der Waals surface area contributed by atoms with Crippen molar-refractivity contribution in [3.05, 3.63) is 32.3 Å². The molecule has 1 aromatic heterocycles. The second-order valence-corrected chi connectivity index (χ2v) is 4.95. The predicted octanol–water partition coefficient (Wildman–Crippen LogP) is 4.42. The number of halogens is 3. The van der Waals surface area contributed by atoms with Gasteiger partial charge in [0.1, 0.15) is 5.75 Å². The summed E-state index contributed by atoms with van der Waals surface area (Å²) in [6.07, 6.45) is 1.61. The summed E-state index contributed by atoms with van der Waals surface area (Å²) in [5.74, 6) is 0.745. The molecule has 0 amide bonds. The number of hydrogen-bond donors (Lipinski definition) is 0. The van der Waals surface area contributed by atoms with E-state index >= 15 is 0 Å². The smallest absolute Gasteiger partial charge is 0.129 e. The first-order valence-corrected chi connectivity index (χ1v) is 6.07. The summed E-state index contributed by atoms with van der Waals surface area (Å²) in [4.78, 5) is 4.26. The minimum absolute atomic E-state index is 0.568. The van der Waals surface area contributed by atoms with Gasteiger partial charge in [0.2, 0.25) is 0 Å². The van der Waals surface area contributed by atoms with Crippen molar-refractivity contribution in [2.75, 3.05) is 7.11 Å². The van der Waals surface area contributed by atoms with Crippen LogP contribution in [0.25, 0.3) is 10.9 Å². The van der Waals surface area contributed by atoms with Crippen molar-refractivity contribution in [2.24, 2.45) is 0 Å². The van der Waals surface area contributed by atoms with Crippen LogP contribution in [0.4, 0.5) is 0 Å². The van der Waals surface area contributed by atoms with Crippen molar-refractivity contribution in [1.29, 1.82) is 0 Å². The molecule has 0 aliphatic heterocycles. The Labute approximate surface area is 109 Å². The monoisotopic (exact) mass is 349 g/mol. The average Bonchev–Trinajstić information content (AvgIpc) is 2.24. The average molecular weight is 351 g/mol. The Hall–Kier alpha value is -0.320. The predicted molar refractivity (Wildman–Crippen MR) is 68.7 cm³/mol. The molecule has 2 rings (SSSR count). The maximum Gasteiger partial charge on any atom is 0.129 e. The fraction of sp³-hybridized carbons (Fsp3) is 0.100. The van der Waals surface area contributed by atoms with E-state index in [0.29, 0.717) is 5.02 Å². The molecule has 0 N–H and O–H groups in total. The van der Waals surface area contributed by atoms with Gasteiger partial charge >= 0.3 is 0 Å². The molecule has 0 aliphatic carbocycles. The minimum Gasteiger partial charge on any atom is -0.496 e. The van der Waals surface area contributed by atoms with E-state index in [-0.39, 0.29) is 0 Å². The molecule has 0 aliphatic rings. The molecule has 0 bridgehead atoms. The Morgan fingerprint density at radius 3 is 2.73 bits per heavy atom. The Morgan fingerprint density at radius 1 is 1.33 bits per heavy atom. The van der Waals surface area contributed by atoms with E-state index in [1.165, 1.54) is 0 Å². The van der Waals surface area contributed by atoms with Crippen LogP contribution in [0.2, 0.25) is 5.02 Å². The highest BCUT2D eigenvalue weighted by molar-refractivity contribution is 9.11. The molecular formula is C10H6Br2ClNO. The van der Waals surface area contributed by atoms with Crippen LogP contribution in [0.5, 0.6) is 5.75 Å². The third-order valence-electron chi connectivity index (χ3n) is 2.05. The first kappa shape index (κ1) is 11.2. The number of benzene rings is 1. The molecule has 0 radical (unpaired) electrons. The number of pyridine rings is 1.